The summed E-state index contributed by atoms with van der Waals surface area (Å²) in [4.78, 5) is 0. The first kappa shape index (κ1) is 11.2. The van der Waals surface area contributed by atoms with Crippen LogP contribution in [0.3, 0.4) is 0 Å². The van der Waals surface area contributed by atoms with E-state index in [1.54, 1.807) is 0 Å². The molecule has 0 amide bonds. The van der Waals surface area contributed by atoms with E-state index in [4.69, 9.17) is 9.47 Å². The Bertz CT molecular complexity index is 225. The van der Waals surface area contributed by atoms with Crippen molar-refractivity contribution >= 4 is 0 Å². The van der Waals surface area contributed by atoms with Crippen molar-refractivity contribution in [3.63, 3.8) is 0 Å². The summed E-state index contributed by atoms with van der Waals surface area (Å²) in [5.41, 5.74) is 0. The molecule has 0 aromatic carbocycles. The normalized spacial score (nSPS) is 34.9. The second-order valence-corrected chi connectivity index (χ2v) is 4.81. The van der Waals surface area contributed by atoms with Crippen molar-refractivity contribution in [1.82, 2.24) is 0 Å². The van der Waals surface area contributed by atoms with Crippen LogP contribution in [0.1, 0.15) is 33.1 Å². The van der Waals surface area contributed by atoms with Gasteiger partial charge in [0.15, 0.2) is 6.29 Å². The average molecular weight is 210 g/mol. The lowest BCUT2D eigenvalue weighted by Crippen LogP contribution is -2.21. The van der Waals surface area contributed by atoms with Gasteiger partial charge in [0.1, 0.15) is 0 Å². The van der Waals surface area contributed by atoms with Gasteiger partial charge in [0.2, 0.25) is 0 Å². The van der Waals surface area contributed by atoms with Crippen LogP contribution in [-0.2, 0) is 9.47 Å². The van der Waals surface area contributed by atoms with E-state index < -0.39 is 0 Å². The van der Waals surface area contributed by atoms with Gasteiger partial charge in [0, 0.05) is 6.61 Å². The molecule has 0 aliphatic heterocycles. The standard InChI is InChI=1S/C13H22O2/c1-3-6-14-10(2)15-9-13-8-11-4-5-12(13)7-11/h4-5,10-13H,3,6-9H2,1-2H3. The Morgan fingerprint density at radius 3 is 2.73 bits per heavy atom. The molecule has 2 aliphatic rings. The van der Waals surface area contributed by atoms with Crippen LogP contribution >= 0.6 is 0 Å². The first-order valence-corrected chi connectivity index (χ1v) is 6.21. The van der Waals surface area contributed by atoms with E-state index in [1.165, 1.54) is 12.8 Å². The van der Waals surface area contributed by atoms with E-state index in [9.17, 15) is 0 Å². The van der Waals surface area contributed by atoms with Gasteiger partial charge in [-0.1, -0.05) is 19.1 Å². The maximum absolute atomic E-state index is 5.72. The molecular formula is C13H22O2. The summed E-state index contributed by atoms with van der Waals surface area (Å²) >= 11 is 0. The molecule has 0 aromatic rings. The van der Waals surface area contributed by atoms with Crippen molar-refractivity contribution in [2.24, 2.45) is 17.8 Å². The third-order valence-electron chi connectivity index (χ3n) is 3.52. The zero-order valence-corrected chi connectivity index (χ0v) is 9.82. The molecule has 1 saturated carbocycles. The lowest BCUT2D eigenvalue weighted by Gasteiger charge is -2.21. The van der Waals surface area contributed by atoms with Gasteiger partial charge in [0.25, 0.3) is 0 Å². The van der Waals surface area contributed by atoms with Crippen LogP contribution in [0.4, 0.5) is 0 Å². The Kier molecular flexibility index (Phi) is 3.81. The molecule has 0 heterocycles. The van der Waals surface area contributed by atoms with Crippen molar-refractivity contribution in [3.8, 4) is 0 Å². The minimum absolute atomic E-state index is 0.0342. The Hall–Kier alpha value is -0.340. The van der Waals surface area contributed by atoms with Gasteiger partial charge in [0.05, 0.1) is 6.61 Å². The molecule has 0 aromatic heterocycles. The van der Waals surface area contributed by atoms with Crippen molar-refractivity contribution in [2.75, 3.05) is 13.2 Å². The van der Waals surface area contributed by atoms with Crippen LogP contribution in [0.15, 0.2) is 12.2 Å². The topological polar surface area (TPSA) is 18.5 Å². The zero-order chi connectivity index (χ0) is 10.7. The number of allylic oxidation sites excluding steroid dienone is 2. The Labute approximate surface area is 92.6 Å². The summed E-state index contributed by atoms with van der Waals surface area (Å²) in [6, 6.07) is 0. The van der Waals surface area contributed by atoms with Gasteiger partial charge >= 0.3 is 0 Å². The molecular weight excluding hydrogens is 188 g/mol. The molecule has 1 fully saturated rings. The van der Waals surface area contributed by atoms with Gasteiger partial charge in [-0.3, -0.25) is 0 Å². The minimum Gasteiger partial charge on any atom is -0.353 e. The smallest absolute Gasteiger partial charge is 0.154 e. The fraction of sp³-hybridized carbons (Fsp3) is 0.846. The fourth-order valence-electron chi connectivity index (χ4n) is 2.68. The number of hydrogen-bond donors (Lipinski definition) is 0. The monoisotopic (exact) mass is 210 g/mol. The molecule has 0 spiro atoms. The second kappa shape index (κ2) is 5.13. The van der Waals surface area contributed by atoms with E-state index in [0.717, 1.165) is 37.4 Å². The largest absolute Gasteiger partial charge is 0.353 e. The van der Waals surface area contributed by atoms with Crippen LogP contribution in [0.25, 0.3) is 0 Å². The number of hydrogen-bond acceptors (Lipinski definition) is 2. The van der Waals surface area contributed by atoms with Crippen LogP contribution in [0, 0.1) is 17.8 Å². The molecule has 2 aliphatic carbocycles. The Morgan fingerprint density at radius 2 is 2.13 bits per heavy atom. The molecule has 2 nitrogen and oxygen atoms in total. The summed E-state index contributed by atoms with van der Waals surface area (Å²) in [7, 11) is 0. The predicted octanol–water partition coefficient (Wildman–Crippen LogP) is 2.99. The van der Waals surface area contributed by atoms with Gasteiger partial charge in [-0.05, 0) is 43.9 Å². The van der Waals surface area contributed by atoms with Crippen LogP contribution < -0.4 is 0 Å². The highest BCUT2D eigenvalue weighted by Crippen LogP contribution is 2.43. The molecule has 86 valence electrons. The summed E-state index contributed by atoms with van der Waals surface area (Å²) < 4.78 is 11.2. The molecule has 0 radical (unpaired) electrons. The van der Waals surface area contributed by atoms with Crippen molar-refractivity contribution in [1.29, 1.82) is 0 Å². The average Bonchev–Trinajstić information content (AvgIpc) is 2.84. The molecule has 2 bridgehead atoms. The van der Waals surface area contributed by atoms with Gasteiger partial charge < -0.3 is 9.47 Å². The summed E-state index contributed by atoms with van der Waals surface area (Å²) in [5.74, 6) is 2.37. The molecule has 4 atom stereocenters. The van der Waals surface area contributed by atoms with Crippen molar-refractivity contribution < 1.29 is 9.47 Å². The number of rotatable bonds is 6. The van der Waals surface area contributed by atoms with Crippen molar-refractivity contribution in [3.05, 3.63) is 12.2 Å². The predicted molar refractivity (Wildman–Crippen MR) is 60.5 cm³/mol. The van der Waals surface area contributed by atoms with Gasteiger partial charge in [-0.15, -0.1) is 0 Å². The number of fused-ring (bicyclic) bond motifs is 2. The lowest BCUT2D eigenvalue weighted by molar-refractivity contribution is -0.139. The fourth-order valence-corrected chi connectivity index (χ4v) is 2.68. The third kappa shape index (κ3) is 2.82. The Balaban J connectivity index is 1.64. The van der Waals surface area contributed by atoms with Crippen molar-refractivity contribution in [2.45, 2.75) is 39.4 Å². The highest BCUT2D eigenvalue weighted by atomic mass is 16.7. The molecule has 2 heteroatoms. The molecule has 15 heavy (non-hydrogen) atoms. The minimum atomic E-state index is -0.0342. The summed E-state index contributed by atoms with van der Waals surface area (Å²) in [5, 5.41) is 0. The van der Waals surface area contributed by atoms with E-state index in [0.29, 0.717) is 0 Å². The van der Waals surface area contributed by atoms with E-state index in [1.807, 2.05) is 6.92 Å². The van der Waals surface area contributed by atoms with Gasteiger partial charge in [-0.2, -0.15) is 0 Å². The summed E-state index contributed by atoms with van der Waals surface area (Å²) in [6.45, 7) is 5.79. The Morgan fingerprint density at radius 1 is 1.27 bits per heavy atom. The highest BCUT2D eigenvalue weighted by Gasteiger charge is 2.35. The third-order valence-corrected chi connectivity index (χ3v) is 3.52. The number of ether oxygens (including phenoxy) is 2. The molecule has 2 rings (SSSR count). The molecule has 4 unspecified atom stereocenters. The maximum Gasteiger partial charge on any atom is 0.154 e. The van der Waals surface area contributed by atoms with Crippen LogP contribution in [0.2, 0.25) is 0 Å². The molecule has 0 saturated heterocycles. The van der Waals surface area contributed by atoms with Crippen LogP contribution in [-0.4, -0.2) is 19.5 Å². The zero-order valence-electron chi connectivity index (χ0n) is 9.82. The molecule has 0 N–H and O–H groups in total. The first-order chi connectivity index (χ1) is 7.29. The second-order valence-electron chi connectivity index (χ2n) is 4.81. The SMILES string of the molecule is CCCOC(C)OCC1CC2C=CC1C2. The maximum atomic E-state index is 5.72. The van der Waals surface area contributed by atoms with E-state index >= 15 is 0 Å². The van der Waals surface area contributed by atoms with Crippen LogP contribution in [0.5, 0.6) is 0 Å². The highest BCUT2D eigenvalue weighted by molar-refractivity contribution is 5.09. The quantitative estimate of drug-likeness (QED) is 0.495. The van der Waals surface area contributed by atoms with E-state index in [2.05, 4.69) is 19.1 Å². The lowest BCUT2D eigenvalue weighted by atomic mass is 9.95. The van der Waals surface area contributed by atoms with E-state index in [-0.39, 0.29) is 6.29 Å². The van der Waals surface area contributed by atoms with Gasteiger partial charge in [-0.25, -0.2) is 0 Å². The summed E-state index contributed by atoms with van der Waals surface area (Å²) in [6.07, 6.45) is 8.45. The first-order valence-electron chi connectivity index (χ1n) is 6.21.